The minimum atomic E-state index is -3.64. The third-order valence-electron chi connectivity index (χ3n) is 3.71. The molecular weight excluding hydrogens is 375 g/mol. The highest BCUT2D eigenvalue weighted by Gasteiger charge is 2.28. The molecule has 0 bridgehead atoms. The van der Waals surface area contributed by atoms with Gasteiger partial charge < -0.3 is 9.84 Å². The number of carboxylic acid groups (broad SMARTS) is 1. The summed E-state index contributed by atoms with van der Waals surface area (Å²) in [5.74, 6) is -1.52. The smallest absolute Gasteiger partial charge is 0.318 e. The summed E-state index contributed by atoms with van der Waals surface area (Å²) in [7, 11) is -3.64. The first kappa shape index (κ1) is 21.8. The second kappa shape index (κ2) is 9.44. The van der Waals surface area contributed by atoms with Crippen LogP contribution in [0.1, 0.15) is 5.56 Å². The predicted molar refractivity (Wildman–Crippen MR) is 92.7 cm³/mol. The van der Waals surface area contributed by atoms with Crippen molar-refractivity contribution < 1.29 is 27.4 Å². The molecule has 142 valence electrons. The highest BCUT2D eigenvalue weighted by molar-refractivity contribution is 7.88. The van der Waals surface area contributed by atoms with Gasteiger partial charge >= 0.3 is 5.97 Å². The molecule has 1 aliphatic rings. The Balaban J connectivity index is 0.00000312. The largest absolute Gasteiger partial charge is 0.480 e. The Morgan fingerprint density at radius 1 is 1.48 bits per heavy atom. The number of hydrogen-bond acceptors (Lipinski definition) is 5. The van der Waals surface area contributed by atoms with E-state index in [1.54, 1.807) is 6.07 Å². The standard InChI is InChI=1S/C15H21FN2O5S.ClH/c1-24(21,22)18(11-15(19)20)10-14-9-17(5-6-23-14)8-12-3-2-4-13(16)7-12;/h2-4,7,14H,5-6,8-11H2,1H3,(H,19,20);1H. The number of rotatable bonds is 7. The van der Waals surface area contributed by atoms with Gasteiger partial charge in [-0.2, -0.15) is 4.31 Å². The first-order chi connectivity index (χ1) is 11.2. The molecule has 0 aromatic heterocycles. The molecule has 0 saturated carbocycles. The van der Waals surface area contributed by atoms with E-state index < -0.39 is 28.6 Å². The fourth-order valence-electron chi connectivity index (χ4n) is 2.62. The molecule has 1 N–H and O–H groups in total. The van der Waals surface area contributed by atoms with Gasteiger partial charge in [-0.05, 0) is 17.7 Å². The van der Waals surface area contributed by atoms with Crippen molar-refractivity contribution in [3.8, 4) is 0 Å². The van der Waals surface area contributed by atoms with Crippen molar-refractivity contribution in [2.24, 2.45) is 0 Å². The van der Waals surface area contributed by atoms with Crippen LogP contribution in [0.25, 0.3) is 0 Å². The maximum Gasteiger partial charge on any atom is 0.318 e. The Morgan fingerprint density at radius 3 is 2.80 bits per heavy atom. The third-order valence-corrected chi connectivity index (χ3v) is 4.92. The summed E-state index contributed by atoms with van der Waals surface area (Å²) in [6, 6.07) is 6.29. The quantitative estimate of drug-likeness (QED) is 0.733. The number of sulfonamides is 1. The number of aliphatic carboxylic acids is 1. The molecule has 1 saturated heterocycles. The Kier molecular flexibility index (Phi) is 8.23. The van der Waals surface area contributed by atoms with Crippen LogP contribution in [0.15, 0.2) is 24.3 Å². The van der Waals surface area contributed by atoms with Gasteiger partial charge in [0.2, 0.25) is 10.0 Å². The monoisotopic (exact) mass is 396 g/mol. The van der Waals surface area contributed by atoms with Crippen LogP contribution in [0, 0.1) is 5.82 Å². The molecule has 1 aromatic carbocycles. The van der Waals surface area contributed by atoms with Crippen molar-refractivity contribution in [3.05, 3.63) is 35.6 Å². The molecule has 0 radical (unpaired) electrons. The van der Waals surface area contributed by atoms with E-state index in [1.165, 1.54) is 12.1 Å². The van der Waals surface area contributed by atoms with Crippen LogP contribution >= 0.6 is 12.4 Å². The number of halogens is 2. The van der Waals surface area contributed by atoms with Crippen LogP contribution in [0.4, 0.5) is 4.39 Å². The second-order valence-corrected chi connectivity index (χ2v) is 7.79. The Labute approximate surface area is 152 Å². The first-order valence-electron chi connectivity index (χ1n) is 7.49. The van der Waals surface area contributed by atoms with E-state index in [9.17, 15) is 17.6 Å². The van der Waals surface area contributed by atoms with Gasteiger partial charge in [0, 0.05) is 26.2 Å². The summed E-state index contributed by atoms with van der Waals surface area (Å²) in [6.07, 6.45) is 0.546. The van der Waals surface area contributed by atoms with Crippen molar-refractivity contribution >= 4 is 28.4 Å². The fraction of sp³-hybridized carbons (Fsp3) is 0.533. The van der Waals surface area contributed by atoms with E-state index in [-0.39, 0.29) is 24.8 Å². The van der Waals surface area contributed by atoms with E-state index in [1.807, 2.05) is 11.0 Å². The molecule has 7 nitrogen and oxygen atoms in total. The van der Waals surface area contributed by atoms with Gasteiger partial charge in [-0.15, -0.1) is 12.4 Å². The molecule has 25 heavy (non-hydrogen) atoms. The van der Waals surface area contributed by atoms with Gasteiger partial charge in [-0.25, -0.2) is 12.8 Å². The summed E-state index contributed by atoms with van der Waals surface area (Å²) < 4.78 is 43.1. The Bertz CT molecular complexity index is 688. The maximum atomic E-state index is 13.3. The molecule has 1 unspecified atom stereocenters. The van der Waals surface area contributed by atoms with Crippen molar-refractivity contribution in [1.29, 1.82) is 0 Å². The molecule has 0 spiro atoms. The van der Waals surface area contributed by atoms with Crippen molar-refractivity contribution in [2.75, 3.05) is 39.0 Å². The highest BCUT2D eigenvalue weighted by Crippen LogP contribution is 2.13. The molecule has 2 rings (SSSR count). The molecule has 1 heterocycles. The average molecular weight is 397 g/mol. The highest BCUT2D eigenvalue weighted by atomic mass is 35.5. The zero-order chi connectivity index (χ0) is 17.7. The third kappa shape index (κ3) is 7.25. The van der Waals surface area contributed by atoms with E-state index in [0.29, 0.717) is 26.2 Å². The predicted octanol–water partition coefficient (Wildman–Crippen LogP) is 0.795. The number of morpholine rings is 1. The lowest BCUT2D eigenvalue weighted by Gasteiger charge is -2.34. The van der Waals surface area contributed by atoms with Crippen LogP contribution in [0.2, 0.25) is 0 Å². The number of hydrogen-bond donors (Lipinski definition) is 1. The van der Waals surface area contributed by atoms with Crippen LogP contribution in [-0.2, 0) is 26.1 Å². The summed E-state index contributed by atoms with van der Waals surface area (Å²) in [5, 5.41) is 8.86. The topological polar surface area (TPSA) is 87.2 Å². The molecule has 0 amide bonds. The average Bonchev–Trinajstić information content (AvgIpc) is 2.45. The van der Waals surface area contributed by atoms with Crippen molar-refractivity contribution in [3.63, 3.8) is 0 Å². The Hall–Kier alpha value is -1.26. The molecule has 1 aliphatic heterocycles. The number of carboxylic acids is 1. The minimum absolute atomic E-state index is 0. The summed E-state index contributed by atoms with van der Waals surface area (Å²) in [6.45, 7) is 1.40. The molecule has 1 fully saturated rings. The lowest BCUT2D eigenvalue weighted by Crippen LogP contribution is -2.49. The lowest BCUT2D eigenvalue weighted by molar-refractivity contribution is -0.137. The zero-order valence-corrected chi connectivity index (χ0v) is 15.4. The first-order valence-corrected chi connectivity index (χ1v) is 9.34. The molecule has 10 heteroatoms. The van der Waals surface area contributed by atoms with Crippen LogP contribution in [0.3, 0.4) is 0 Å². The number of nitrogens with zero attached hydrogens (tertiary/aromatic N) is 2. The number of ether oxygens (including phenoxy) is 1. The fourth-order valence-corrected chi connectivity index (χ4v) is 3.41. The van der Waals surface area contributed by atoms with Crippen LogP contribution < -0.4 is 0 Å². The van der Waals surface area contributed by atoms with Gasteiger partial charge in [0.15, 0.2) is 0 Å². The SMILES string of the molecule is CS(=O)(=O)N(CC(=O)O)CC1CN(Cc2cccc(F)c2)CCO1.Cl. The van der Waals surface area contributed by atoms with E-state index in [0.717, 1.165) is 16.1 Å². The zero-order valence-electron chi connectivity index (χ0n) is 13.8. The van der Waals surface area contributed by atoms with Gasteiger partial charge in [-0.1, -0.05) is 12.1 Å². The van der Waals surface area contributed by atoms with Crippen LogP contribution in [-0.4, -0.2) is 73.8 Å². The number of carbonyl (C=O) groups is 1. The number of benzene rings is 1. The van der Waals surface area contributed by atoms with Gasteiger partial charge in [-0.3, -0.25) is 9.69 Å². The Morgan fingerprint density at radius 2 is 2.20 bits per heavy atom. The summed E-state index contributed by atoms with van der Waals surface area (Å²) >= 11 is 0. The summed E-state index contributed by atoms with van der Waals surface area (Å²) in [4.78, 5) is 12.9. The second-order valence-electron chi connectivity index (χ2n) is 5.81. The van der Waals surface area contributed by atoms with Crippen molar-refractivity contribution in [1.82, 2.24) is 9.21 Å². The maximum absolute atomic E-state index is 13.3. The normalized spacial score (nSPS) is 18.8. The lowest BCUT2D eigenvalue weighted by atomic mass is 10.2. The van der Waals surface area contributed by atoms with Gasteiger partial charge in [0.1, 0.15) is 12.4 Å². The van der Waals surface area contributed by atoms with E-state index in [4.69, 9.17) is 9.84 Å². The van der Waals surface area contributed by atoms with E-state index >= 15 is 0 Å². The van der Waals surface area contributed by atoms with Crippen LogP contribution in [0.5, 0.6) is 0 Å². The molecular formula is C15H22ClFN2O5S. The molecule has 1 atom stereocenters. The molecule has 0 aliphatic carbocycles. The van der Waals surface area contributed by atoms with E-state index in [2.05, 4.69) is 0 Å². The van der Waals surface area contributed by atoms with Gasteiger partial charge in [0.25, 0.3) is 0 Å². The summed E-state index contributed by atoms with van der Waals surface area (Å²) in [5.41, 5.74) is 0.821. The van der Waals surface area contributed by atoms with Gasteiger partial charge in [0.05, 0.1) is 19.0 Å². The van der Waals surface area contributed by atoms with Crippen molar-refractivity contribution in [2.45, 2.75) is 12.6 Å². The molecule has 1 aromatic rings. The minimum Gasteiger partial charge on any atom is -0.480 e.